The third-order valence-corrected chi connectivity index (χ3v) is 4.01. The van der Waals surface area contributed by atoms with Crippen LogP contribution in [0.3, 0.4) is 0 Å². The summed E-state index contributed by atoms with van der Waals surface area (Å²) in [5, 5.41) is 0. The van der Waals surface area contributed by atoms with E-state index in [0.717, 1.165) is 0 Å². The van der Waals surface area contributed by atoms with Crippen LogP contribution in [0.15, 0.2) is 12.2 Å². The molecule has 0 atom stereocenters. The van der Waals surface area contributed by atoms with E-state index in [4.69, 9.17) is 13.3 Å². The summed E-state index contributed by atoms with van der Waals surface area (Å²) in [4.78, 5) is 22.6. The second-order valence-electron chi connectivity index (χ2n) is 3.56. The molecule has 6 nitrogen and oxygen atoms in total. The molecule has 0 radical (unpaired) electrons. The van der Waals surface area contributed by atoms with E-state index in [1.807, 2.05) is 0 Å². The Hall–Kier alpha value is -1.18. The molecule has 0 aromatic rings. The molecule has 0 amide bonds. The van der Waals surface area contributed by atoms with Gasteiger partial charge in [-0.1, -0.05) is 6.58 Å². The molecule has 104 valence electrons. The van der Waals surface area contributed by atoms with Gasteiger partial charge in [0.1, 0.15) is 0 Å². The zero-order chi connectivity index (χ0) is 14.2. The fourth-order valence-electron chi connectivity index (χ4n) is 1.11. The topological polar surface area (TPSA) is 71.1 Å². The molecule has 0 aliphatic carbocycles. The van der Waals surface area contributed by atoms with Gasteiger partial charge in [0.05, 0.1) is 0 Å². The summed E-state index contributed by atoms with van der Waals surface area (Å²) in [5.41, 5.74) is 0.220. The van der Waals surface area contributed by atoms with Crippen molar-refractivity contribution in [1.29, 1.82) is 0 Å². The van der Waals surface area contributed by atoms with E-state index >= 15 is 0 Å². The minimum absolute atomic E-state index is 0.220. The monoisotopic (exact) mass is 276 g/mol. The number of hydrogen-bond acceptors (Lipinski definition) is 6. The SMILES string of the molecule is C=C(C)C(=O)OCC(=O)O[Si](C)(OCC)OCC. The van der Waals surface area contributed by atoms with Crippen molar-refractivity contribution in [3.05, 3.63) is 12.2 Å². The van der Waals surface area contributed by atoms with Crippen molar-refractivity contribution in [3.63, 3.8) is 0 Å². The maximum atomic E-state index is 11.5. The molecule has 0 N–H and O–H groups in total. The van der Waals surface area contributed by atoms with Crippen LogP contribution in [0.1, 0.15) is 20.8 Å². The molecule has 0 unspecified atom stereocenters. The lowest BCUT2D eigenvalue weighted by Crippen LogP contribution is -2.45. The number of esters is 1. The molecule has 0 aliphatic rings. The van der Waals surface area contributed by atoms with Crippen LogP contribution in [0.4, 0.5) is 0 Å². The third-order valence-electron chi connectivity index (χ3n) is 1.78. The summed E-state index contributed by atoms with van der Waals surface area (Å²) in [6.45, 7) is 10.3. The number of ether oxygens (including phenoxy) is 1. The molecule has 0 fully saturated rings. The second-order valence-corrected chi connectivity index (χ2v) is 6.07. The van der Waals surface area contributed by atoms with E-state index in [2.05, 4.69) is 11.3 Å². The summed E-state index contributed by atoms with van der Waals surface area (Å²) in [5.74, 6) is -1.33. The van der Waals surface area contributed by atoms with E-state index in [1.54, 1.807) is 20.4 Å². The molecular weight excluding hydrogens is 256 g/mol. The van der Waals surface area contributed by atoms with E-state index < -0.39 is 27.3 Å². The van der Waals surface area contributed by atoms with Crippen molar-refractivity contribution in [2.24, 2.45) is 0 Å². The van der Waals surface area contributed by atoms with Crippen molar-refractivity contribution < 1.29 is 27.6 Å². The van der Waals surface area contributed by atoms with Crippen LogP contribution in [0.2, 0.25) is 6.55 Å². The largest absolute Gasteiger partial charge is 0.564 e. The van der Waals surface area contributed by atoms with Gasteiger partial charge in [0.25, 0.3) is 0 Å². The first kappa shape index (κ1) is 16.8. The first-order valence-corrected chi connectivity index (χ1v) is 7.89. The van der Waals surface area contributed by atoms with Gasteiger partial charge in [0, 0.05) is 25.3 Å². The van der Waals surface area contributed by atoms with Gasteiger partial charge in [0.2, 0.25) is 0 Å². The average Bonchev–Trinajstić information content (AvgIpc) is 2.25. The first-order valence-electron chi connectivity index (χ1n) is 5.67. The van der Waals surface area contributed by atoms with E-state index in [9.17, 15) is 9.59 Å². The van der Waals surface area contributed by atoms with Gasteiger partial charge in [-0.05, 0) is 20.8 Å². The van der Waals surface area contributed by atoms with Crippen molar-refractivity contribution in [1.82, 2.24) is 0 Å². The molecule has 0 aromatic carbocycles. The quantitative estimate of drug-likeness (QED) is 0.378. The molecule has 0 bridgehead atoms. The Kier molecular flexibility index (Phi) is 7.49. The Balaban J connectivity index is 4.26. The predicted octanol–water partition coefficient (Wildman–Crippen LogP) is 1.29. The molecule has 0 heterocycles. The Morgan fingerprint density at radius 2 is 1.67 bits per heavy atom. The fourth-order valence-corrected chi connectivity index (χ4v) is 2.83. The van der Waals surface area contributed by atoms with Crippen molar-refractivity contribution in [2.45, 2.75) is 27.3 Å². The molecule has 7 heteroatoms. The molecule has 0 saturated heterocycles. The Labute approximate surface area is 108 Å². The highest BCUT2D eigenvalue weighted by Gasteiger charge is 2.38. The van der Waals surface area contributed by atoms with E-state index in [1.165, 1.54) is 6.92 Å². The third kappa shape index (κ3) is 6.53. The van der Waals surface area contributed by atoms with E-state index in [0.29, 0.717) is 13.2 Å². The van der Waals surface area contributed by atoms with Gasteiger partial charge in [-0.15, -0.1) is 0 Å². The second kappa shape index (κ2) is 8.01. The summed E-state index contributed by atoms with van der Waals surface area (Å²) in [7, 11) is -2.97. The van der Waals surface area contributed by atoms with Gasteiger partial charge in [-0.2, -0.15) is 0 Å². The van der Waals surface area contributed by atoms with Crippen LogP contribution < -0.4 is 0 Å². The number of rotatable bonds is 8. The maximum Gasteiger partial charge on any atom is 0.564 e. The molecule has 0 spiro atoms. The highest BCUT2D eigenvalue weighted by atomic mass is 28.4. The van der Waals surface area contributed by atoms with Gasteiger partial charge >= 0.3 is 20.7 Å². The predicted molar refractivity (Wildman–Crippen MR) is 66.7 cm³/mol. The molecule has 0 aliphatic heterocycles. The lowest BCUT2D eigenvalue weighted by Gasteiger charge is -2.24. The van der Waals surface area contributed by atoms with Gasteiger partial charge in [-0.3, -0.25) is 0 Å². The van der Waals surface area contributed by atoms with E-state index in [-0.39, 0.29) is 5.57 Å². The first-order chi connectivity index (χ1) is 8.34. The minimum Gasteiger partial charge on any atom is -0.471 e. The number of hydrogen-bond donors (Lipinski definition) is 0. The van der Waals surface area contributed by atoms with Crippen molar-refractivity contribution in [2.75, 3.05) is 19.8 Å². The lowest BCUT2D eigenvalue weighted by atomic mass is 10.4. The lowest BCUT2D eigenvalue weighted by molar-refractivity contribution is -0.153. The van der Waals surface area contributed by atoms with Crippen LogP contribution in [0, 0.1) is 0 Å². The molecule has 0 saturated carbocycles. The normalized spacial score (nSPS) is 10.9. The van der Waals surface area contributed by atoms with Gasteiger partial charge in [-0.25, -0.2) is 9.59 Å². The molecular formula is C11H20O6Si. The summed E-state index contributed by atoms with van der Waals surface area (Å²) >= 11 is 0. The highest BCUT2D eigenvalue weighted by Crippen LogP contribution is 2.09. The zero-order valence-corrected chi connectivity index (χ0v) is 12.3. The van der Waals surface area contributed by atoms with Crippen molar-refractivity contribution >= 4 is 20.7 Å². The fraction of sp³-hybridized carbons (Fsp3) is 0.636. The number of carbonyl (C=O) groups is 2. The molecule has 0 rings (SSSR count). The smallest absolute Gasteiger partial charge is 0.471 e. The van der Waals surface area contributed by atoms with Gasteiger partial charge < -0.3 is 18.0 Å². The zero-order valence-electron chi connectivity index (χ0n) is 11.3. The average molecular weight is 276 g/mol. The van der Waals surface area contributed by atoms with Crippen LogP contribution in [0.25, 0.3) is 0 Å². The summed E-state index contributed by atoms with van der Waals surface area (Å²) in [6.07, 6.45) is 0. The Bertz CT molecular complexity index is 309. The minimum atomic E-state index is -2.97. The highest BCUT2D eigenvalue weighted by molar-refractivity contribution is 6.61. The Morgan fingerprint density at radius 3 is 2.06 bits per heavy atom. The Morgan fingerprint density at radius 1 is 1.17 bits per heavy atom. The maximum absolute atomic E-state index is 11.5. The summed E-state index contributed by atoms with van der Waals surface area (Å²) < 4.78 is 20.4. The van der Waals surface area contributed by atoms with Gasteiger partial charge in [0.15, 0.2) is 6.61 Å². The molecule has 18 heavy (non-hydrogen) atoms. The standard InChI is InChI=1S/C11H20O6Si/c1-6-15-18(5,16-7-2)17-10(12)8-14-11(13)9(3)4/h3,6-8H2,1-2,4-5H3. The van der Waals surface area contributed by atoms with Crippen LogP contribution in [-0.4, -0.2) is 40.6 Å². The van der Waals surface area contributed by atoms with Crippen molar-refractivity contribution in [3.8, 4) is 0 Å². The van der Waals surface area contributed by atoms with Crippen LogP contribution in [0.5, 0.6) is 0 Å². The number of carbonyl (C=O) groups excluding carboxylic acids is 2. The van der Waals surface area contributed by atoms with Crippen LogP contribution >= 0.6 is 0 Å². The van der Waals surface area contributed by atoms with Crippen LogP contribution in [-0.2, 0) is 27.6 Å². The molecule has 0 aromatic heterocycles. The summed E-state index contributed by atoms with van der Waals surface area (Å²) in [6, 6.07) is 0.